The van der Waals surface area contributed by atoms with Gasteiger partial charge >= 0.3 is 0 Å². The smallest absolute Gasteiger partial charge is 0.256 e. The van der Waals surface area contributed by atoms with Crippen molar-refractivity contribution in [3.05, 3.63) is 70.0 Å². The van der Waals surface area contributed by atoms with E-state index < -0.39 is 5.82 Å². The van der Waals surface area contributed by atoms with Crippen LogP contribution in [0.5, 0.6) is 5.88 Å². The van der Waals surface area contributed by atoms with E-state index in [1.807, 2.05) is 19.9 Å². The van der Waals surface area contributed by atoms with E-state index in [9.17, 15) is 9.59 Å². The fourth-order valence-electron chi connectivity index (χ4n) is 5.53. The number of hydrogen-bond donors (Lipinski definition) is 2. The maximum atomic E-state index is 15.2. The van der Waals surface area contributed by atoms with E-state index in [0.29, 0.717) is 40.0 Å². The first kappa shape index (κ1) is 30.9. The van der Waals surface area contributed by atoms with Gasteiger partial charge in [0, 0.05) is 41.3 Å². The van der Waals surface area contributed by atoms with Gasteiger partial charge < -0.3 is 15.4 Å². The number of rotatable bonds is 9. The molecule has 2 amide bonds. The Kier molecular flexibility index (Phi) is 9.78. The molecule has 1 saturated carbocycles. The van der Waals surface area contributed by atoms with Gasteiger partial charge in [0.1, 0.15) is 16.9 Å². The summed E-state index contributed by atoms with van der Waals surface area (Å²) in [4.78, 5) is 34.3. The second kappa shape index (κ2) is 13.3. The molecule has 0 spiro atoms. The van der Waals surface area contributed by atoms with Crippen LogP contribution in [-0.2, 0) is 11.8 Å². The Morgan fingerprint density at radius 2 is 2.07 bits per heavy atom. The fraction of sp³-hybridized carbons (Fsp3) is 0.387. The summed E-state index contributed by atoms with van der Waals surface area (Å²) in [5, 5.41) is 11.3. The van der Waals surface area contributed by atoms with Gasteiger partial charge in [-0.1, -0.05) is 31.9 Å². The van der Waals surface area contributed by atoms with Crippen molar-refractivity contribution in [3.8, 4) is 5.88 Å². The number of methoxy groups -OCH3 is 1. The molecule has 4 rings (SSSR count). The number of aromatic nitrogens is 3. The lowest BCUT2D eigenvalue weighted by Gasteiger charge is -2.29. The van der Waals surface area contributed by atoms with E-state index >= 15 is 4.39 Å². The predicted molar refractivity (Wildman–Crippen MR) is 163 cm³/mol. The van der Waals surface area contributed by atoms with E-state index in [0.717, 1.165) is 18.5 Å². The Morgan fingerprint density at radius 1 is 1.31 bits per heavy atom. The van der Waals surface area contributed by atoms with Crippen LogP contribution < -0.4 is 15.4 Å². The first-order chi connectivity index (χ1) is 20.0. The van der Waals surface area contributed by atoms with Gasteiger partial charge in [-0.05, 0) is 80.3 Å². The Hall–Kier alpha value is -4.05. The number of amides is 2. The molecule has 2 N–H and O–H groups in total. The van der Waals surface area contributed by atoms with Crippen LogP contribution in [0.2, 0.25) is 0 Å². The highest BCUT2D eigenvalue weighted by Crippen LogP contribution is 2.33. The zero-order chi connectivity index (χ0) is 30.6. The number of carbonyl (C=O) groups is 2. The molecular formula is C31H36ClFN6O3. The number of carbonyl (C=O) groups excluding carboxylic acids is 2. The fourth-order valence-corrected chi connectivity index (χ4v) is 5.69. The molecule has 2 heterocycles. The van der Waals surface area contributed by atoms with E-state index in [4.69, 9.17) is 16.3 Å². The Morgan fingerprint density at radius 3 is 2.74 bits per heavy atom. The van der Waals surface area contributed by atoms with Crippen LogP contribution in [0.3, 0.4) is 0 Å². The van der Waals surface area contributed by atoms with Gasteiger partial charge in [0.2, 0.25) is 11.8 Å². The van der Waals surface area contributed by atoms with Gasteiger partial charge in [-0.15, -0.1) is 0 Å². The standard InChI is InChI=1S/C31H36ClFN6O3/c1-17(2)28-24-14-20(15-25(33)27(24)38-39(28)5)23(18(3)32)16-26(34-4)37-29(40)19-9-7-10-21(13-19)36-30(41)22-11-8-12-35-31(22)42-6/h8,11-12,14-17,19,21H,4,7,9-10,13H2,1-3,5-6H3,(H,36,41)(H,37,40)/b23-18-,26-16+/t19-,21+/m0/s1. The van der Waals surface area contributed by atoms with E-state index in [1.165, 1.54) is 13.2 Å². The summed E-state index contributed by atoms with van der Waals surface area (Å²) in [6, 6.07) is 6.35. The van der Waals surface area contributed by atoms with E-state index in [1.54, 1.807) is 43.1 Å². The summed E-state index contributed by atoms with van der Waals surface area (Å²) >= 11 is 6.48. The van der Waals surface area contributed by atoms with Crippen molar-refractivity contribution in [2.75, 3.05) is 7.11 Å². The summed E-state index contributed by atoms with van der Waals surface area (Å²) in [5.41, 5.74) is 2.56. The van der Waals surface area contributed by atoms with Crippen molar-refractivity contribution in [2.45, 2.75) is 58.4 Å². The van der Waals surface area contributed by atoms with E-state index in [-0.39, 0.29) is 46.9 Å². The zero-order valence-corrected chi connectivity index (χ0v) is 25.3. The third kappa shape index (κ3) is 6.70. The van der Waals surface area contributed by atoms with Crippen molar-refractivity contribution in [1.82, 2.24) is 25.4 Å². The molecule has 1 aliphatic rings. The molecule has 2 atom stereocenters. The largest absolute Gasteiger partial charge is 0.480 e. The summed E-state index contributed by atoms with van der Waals surface area (Å²) in [6.07, 6.45) is 5.79. The van der Waals surface area contributed by atoms with Crippen molar-refractivity contribution < 1.29 is 18.7 Å². The van der Waals surface area contributed by atoms with Crippen molar-refractivity contribution in [2.24, 2.45) is 18.0 Å². The lowest BCUT2D eigenvalue weighted by atomic mass is 9.85. The molecule has 0 saturated heterocycles. The molecule has 11 heteroatoms. The van der Waals surface area contributed by atoms with E-state index in [2.05, 4.69) is 32.4 Å². The number of hydrogen-bond acceptors (Lipinski definition) is 6. The average Bonchev–Trinajstić information content (AvgIpc) is 3.31. The summed E-state index contributed by atoms with van der Waals surface area (Å²) in [7, 11) is 3.26. The zero-order valence-electron chi connectivity index (χ0n) is 24.5. The molecule has 0 aliphatic heterocycles. The number of halogens is 2. The first-order valence-electron chi connectivity index (χ1n) is 13.9. The van der Waals surface area contributed by atoms with Crippen LogP contribution in [0.15, 0.2) is 52.4 Å². The van der Waals surface area contributed by atoms with Gasteiger partial charge in [0.25, 0.3) is 5.91 Å². The predicted octanol–water partition coefficient (Wildman–Crippen LogP) is 5.86. The Labute approximate surface area is 249 Å². The highest BCUT2D eigenvalue weighted by molar-refractivity contribution is 6.33. The molecule has 3 aromatic rings. The van der Waals surface area contributed by atoms with Gasteiger partial charge in [-0.3, -0.25) is 14.3 Å². The van der Waals surface area contributed by atoms with Crippen molar-refractivity contribution in [3.63, 3.8) is 0 Å². The molecule has 222 valence electrons. The van der Waals surface area contributed by atoms with Crippen molar-refractivity contribution >= 4 is 46.6 Å². The minimum atomic E-state index is -0.467. The number of nitrogens with zero attached hydrogens (tertiary/aromatic N) is 4. The van der Waals surface area contributed by atoms with Crippen LogP contribution in [-0.4, -0.2) is 46.4 Å². The maximum absolute atomic E-state index is 15.2. The lowest BCUT2D eigenvalue weighted by molar-refractivity contribution is -0.125. The minimum absolute atomic E-state index is 0.120. The third-order valence-electron chi connectivity index (χ3n) is 7.46. The topological polar surface area (TPSA) is 110 Å². The Balaban J connectivity index is 1.52. The second-order valence-electron chi connectivity index (χ2n) is 10.7. The number of fused-ring (bicyclic) bond motifs is 1. The van der Waals surface area contributed by atoms with Gasteiger partial charge in [-0.2, -0.15) is 5.10 Å². The lowest BCUT2D eigenvalue weighted by Crippen LogP contribution is -2.42. The average molecular weight is 595 g/mol. The second-order valence-corrected chi connectivity index (χ2v) is 11.3. The van der Waals surface area contributed by atoms with Crippen LogP contribution in [0.1, 0.15) is 74.0 Å². The molecule has 1 aromatic carbocycles. The normalized spacial score (nSPS) is 18.0. The maximum Gasteiger partial charge on any atom is 0.256 e. The highest BCUT2D eigenvalue weighted by atomic mass is 35.5. The van der Waals surface area contributed by atoms with Gasteiger partial charge in [0.05, 0.1) is 7.11 Å². The van der Waals surface area contributed by atoms with Gasteiger partial charge in [0.15, 0.2) is 5.82 Å². The molecule has 0 bridgehead atoms. The van der Waals surface area contributed by atoms with Crippen LogP contribution in [0, 0.1) is 11.7 Å². The minimum Gasteiger partial charge on any atom is -0.480 e. The SMILES string of the molecule is C=N/C(=C\C(=C(/C)Cl)c1cc(F)c2nn(C)c(C(C)C)c2c1)NC(=O)[C@H]1CCC[C@@H](NC(=O)c2cccnc2OC)C1. The van der Waals surface area contributed by atoms with Crippen LogP contribution in [0.25, 0.3) is 16.5 Å². The van der Waals surface area contributed by atoms with Crippen molar-refractivity contribution in [1.29, 1.82) is 0 Å². The number of ether oxygens (including phenoxy) is 1. The quantitative estimate of drug-likeness (QED) is 0.238. The highest BCUT2D eigenvalue weighted by Gasteiger charge is 2.29. The number of aliphatic imine (C=N–C) groups is 1. The van der Waals surface area contributed by atoms with Crippen LogP contribution >= 0.6 is 11.6 Å². The van der Waals surface area contributed by atoms with Crippen LogP contribution in [0.4, 0.5) is 4.39 Å². The molecule has 0 unspecified atom stereocenters. The summed E-state index contributed by atoms with van der Waals surface area (Å²) in [5.74, 6) is -0.808. The van der Waals surface area contributed by atoms with Gasteiger partial charge in [-0.25, -0.2) is 14.4 Å². The molecule has 2 aromatic heterocycles. The molecule has 1 fully saturated rings. The number of benzene rings is 1. The first-order valence-corrected chi connectivity index (χ1v) is 14.2. The number of nitrogens with one attached hydrogen (secondary N) is 2. The molecule has 0 radical (unpaired) electrons. The third-order valence-corrected chi connectivity index (χ3v) is 7.66. The number of pyridine rings is 1. The number of allylic oxidation sites excluding steroid dienone is 3. The number of aryl methyl sites for hydroxylation is 1. The monoisotopic (exact) mass is 594 g/mol. The molecule has 9 nitrogen and oxygen atoms in total. The molecule has 42 heavy (non-hydrogen) atoms. The molecular weight excluding hydrogens is 559 g/mol. The Bertz CT molecular complexity index is 1570. The summed E-state index contributed by atoms with van der Waals surface area (Å²) < 4.78 is 22.1. The summed E-state index contributed by atoms with van der Waals surface area (Å²) in [6.45, 7) is 9.36. The molecule has 1 aliphatic carbocycles.